The van der Waals surface area contributed by atoms with Crippen LogP contribution in [0.3, 0.4) is 0 Å². The molecule has 1 aromatic carbocycles. The first kappa shape index (κ1) is 46.2. The van der Waals surface area contributed by atoms with Gasteiger partial charge in [-0.15, -0.1) is 11.6 Å². The molecule has 0 saturated heterocycles. The van der Waals surface area contributed by atoms with Crippen LogP contribution in [0.15, 0.2) is 48.6 Å². The fourth-order valence-corrected chi connectivity index (χ4v) is 8.80. The van der Waals surface area contributed by atoms with Gasteiger partial charge in [-0.3, -0.25) is 4.79 Å². The summed E-state index contributed by atoms with van der Waals surface area (Å²) in [4.78, 5) is 24.7. The van der Waals surface area contributed by atoms with E-state index in [9.17, 15) is 19.8 Å². The summed E-state index contributed by atoms with van der Waals surface area (Å²) in [5, 5.41) is 21.3. The zero-order chi connectivity index (χ0) is 38.9. The van der Waals surface area contributed by atoms with Gasteiger partial charge in [0.15, 0.2) is 0 Å². The molecule has 3 rings (SSSR count). The first-order valence-corrected chi connectivity index (χ1v) is 22.5. The molecule has 0 amide bonds. The molecule has 7 heteroatoms. The molecule has 0 aromatic heterocycles. The van der Waals surface area contributed by atoms with Crippen LogP contribution >= 0.6 is 11.6 Å². The van der Waals surface area contributed by atoms with Crippen LogP contribution in [0.25, 0.3) is 0 Å². The Bertz CT molecular complexity index is 1200. The Balaban J connectivity index is 1.17. The van der Waals surface area contributed by atoms with Gasteiger partial charge in [-0.1, -0.05) is 140 Å². The first-order valence-electron chi connectivity index (χ1n) is 22.0. The summed E-state index contributed by atoms with van der Waals surface area (Å²) < 4.78 is 10.6. The van der Waals surface area contributed by atoms with Crippen LogP contribution in [0.5, 0.6) is 0 Å². The van der Waals surface area contributed by atoms with Gasteiger partial charge in [0.2, 0.25) is 0 Å². The van der Waals surface area contributed by atoms with E-state index in [0.29, 0.717) is 31.2 Å². The van der Waals surface area contributed by atoms with Gasteiger partial charge in [0.25, 0.3) is 0 Å². The minimum Gasteiger partial charge on any atom is -0.462 e. The topological polar surface area (TPSA) is 93.1 Å². The number of aryl methyl sites for hydroxylation is 1. The van der Waals surface area contributed by atoms with Crippen molar-refractivity contribution in [2.45, 2.75) is 192 Å². The van der Waals surface area contributed by atoms with Crippen molar-refractivity contribution in [3.05, 3.63) is 59.7 Å². The third-order valence-electron chi connectivity index (χ3n) is 12.3. The van der Waals surface area contributed by atoms with Crippen molar-refractivity contribution < 1.29 is 29.3 Å². The molecule has 1 aromatic rings. The van der Waals surface area contributed by atoms with Gasteiger partial charge >= 0.3 is 11.9 Å². The highest BCUT2D eigenvalue weighted by molar-refractivity contribution is 6.21. The number of unbranched alkanes of at least 4 members (excludes halogenated alkanes) is 14. The van der Waals surface area contributed by atoms with Crippen molar-refractivity contribution in [1.82, 2.24) is 0 Å². The maximum Gasteiger partial charge on any atom is 0.338 e. The van der Waals surface area contributed by atoms with Gasteiger partial charge in [-0.2, -0.15) is 0 Å². The van der Waals surface area contributed by atoms with Crippen molar-refractivity contribution >= 4 is 23.5 Å². The third-order valence-corrected chi connectivity index (χ3v) is 12.8. The molecule has 0 bridgehead atoms. The highest BCUT2D eigenvalue weighted by atomic mass is 35.5. The molecular formula is C47H75ClO6. The predicted molar refractivity (Wildman–Crippen MR) is 223 cm³/mol. The monoisotopic (exact) mass is 771 g/mol. The number of alkyl halides is 1. The van der Waals surface area contributed by atoms with Crippen LogP contribution in [0.2, 0.25) is 0 Å². The lowest BCUT2D eigenvalue weighted by atomic mass is 9.63. The highest BCUT2D eigenvalue weighted by Gasteiger charge is 2.42. The normalized spacial score (nSPS) is 21.4. The number of aliphatic hydroxyl groups excluding tert-OH is 2. The van der Waals surface area contributed by atoms with Gasteiger partial charge in [-0.05, 0) is 93.2 Å². The number of halogens is 1. The molecule has 306 valence electrons. The van der Waals surface area contributed by atoms with Gasteiger partial charge in [0.05, 0.1) is 17.8 Å². The molecule has 2 N–H and O–H groups in total. The molecule has 0 radical (unpaired) electrons. The molecular weight excluding hydrogens is 696 g/mol. The lowest BCUT2D eigenvalue weighted by molar-refractivity contribution is -0.144. The second-order valence-corrected chi connectivity index (χ2v) is 16.9. The van der Waals surface area contributed by atoms with Crippen molar-refractivity contribution in [3.8, 4) is 0 Å². The van der Waals surface area contributed by atoms with Crippen molar-refractivity contribution in [1.29, 1.82) is 0 Å². The van der Waals surface area contributed by atoms with Crippen molar-refractivity contribution in [3.63, 3.8) is 0 Å². The number of allylic oxidation sites excluding steroid dienone is 2. The fraction of sp³-hybridized carbons (Fsp3) is 0.745. The number of carbonyl (C=O) groups is 2. The van der Waals surface area contributed by atoms with E-state index in [2.05, 4.69) is 32.1 Å². The van der Waals surface area contributed by atoms with Crippen LogP contribution in [0.1, 0.15) is 184 Å². The summed E-state index contributed by atoms with van der Waals surface area (Å²) in [6, 6.07) is 7.67. The Kier molecular flexibility index (Phi) is 23.5. The fourth-order valence-electron chi connectivity index (χ4n) is 8.34. The molecule has 54 heavy (non-hydrogen) atoms. The lowest BCUT2D eigenvalue weighted by Gasteiger charge is -2.45. The highest BCUT2D eigenvalue weighted by Crippen LogP contribution is 2.48. The van der Waals surface area contributed by atoms with E-state index in [1.165, 1.54) is 102 Å². The molecule has 6 nitrogen and oxygen atoms in total. The third kappa shape index (κ3) is 17.3. The molecule has 2 saturated carbocycles. The Morgan fingerprint density at radius 2 is 1.44 bits per heavy atom. The summed E-state index contributed by atoms with van der Waals surface area (Å²) in [5.41, 5.74) is 1.83. The van der Waals surface area contributed by atoms with Gasteiger partial charge < -0.3 is 19.7 Å². The van der Waals surface area contributed by atoms with Crippen LogP contribution in [-0.4, -0.2) is 53.0 Å². The second kappa shape index (κ2) is 27.4. The number of hydrogen-bond donors (Lipinski definition) is 2. The standard InChI is InChI=1S/C47H75ClO6/c1-3-5-6-7-8-9-10-11-12-13-14-15-16-19-24-38-29-31-39(32-30-38)46(52)54-36-35-53-45(51)28-21-18-17-20-25-40-41(43(49)37-42(40)48)26-22-27-44(50)47(4-2)33-23-34-47/h17,20,22,26,29-32,40-44,49-50H,3-16,18-19,21,23-25,27-28,33-37H2,1-2H3/b20-17-,26-22+/t40-,41-,42-,43-,44+/m1/s1. The van der Waals surface area contributed by atoms with E-state index >= 15 is 0 Å². The average molecular weight is 772 g/mol. The molecule has 0 aliphatic heterocycles. The van der Waals surface area contributed by atoms with Gasteiger partial charge in [-0.25, -0.2) is 4.79 Å². The SMILES string of the molecule is CCCCCCCCCCCCCCCCc1ccc(C(=O)OCCOC(=O)CCC/C=C\C[C@@H]2[C@@H](/C=C/C[C@H](O)C3(CC)CCC3)[C@H](O)C[C@H]2Cl)cc1. The number of hydrogen-bond acceptors (Lipinski definition) is 6. The van der Waals surface area contributed by atoms with E-state index in [4.69, 9.17) is 21.1 Å². The van der Waals surface area contributed by atoms with Crippen LogP contribution in [0.4, 0.5) is 0 Å². The van der Waals surface area contributed by atoms with E-state index in [1.807, 2.05) is 30.3 Å². The first-order chi connectivity index (χ1) is 26.3. The Hall–Kier alpha value is -2.15. The number of carbonyl (C=O) groups excluding carboxylic acids is 2. The van der Waals surface area contributed by atoms with Crippen LogP contribution in [-0.2, 0) is 20.7 Å². The maximum atomic E-state index is 12.5. The average Bonchev–Trinajstić information content (AvgIpc) is 3.42. The van der Waals surface area contributed by atoms with E-state index in [-0.39, 0.29) is 47.9 Å². The zero-order valence-corrected chi connectivity index (χ0v) is 34.8. The largest absolute Gasteiger partial charge is 0.462 e. The van der Waals surface area contributed by atoms with Gasteiger partial charge in [0.1, 0.15) is 13.2 Å². The quantitative estimate of drug-likeness (QED) is 0.0350. The van der Waals surface area contributed by atoms with E-state index < -0.39 is 12.1 Å². The Labute approximate surface area is 333 Å². The zero-order valence-electron chi connectivity index (χ0n) is 34.0. The van der Waals surface area contributed by atoms with E-state index in [0.717, 1.165) is 38.5 Å². The molecule has 0 unspecified atom stereocenters. The molecule has 2 aliphatic carbocycles. The summed E-state index contributed by atoms with van der Waals surface area (Å²) in [7, 11) is 0. The smallest absolute Gasteiger partial charge is 0.338 e. The predicted octanol–water partition coefficient (Wildman–Crippen LogP) is 12.0. The Morgan fingerprint density at radius 1 is 0.833 bits per heavy atom. The minimum absolute atomic E-state index is 0.0181. The number of ether oxygens (including phenoxy) is 2. The summed E-state index contributed by atoms with van der Waals surface area (Å²) in [5.74, 6) is -0.580. The number of aliphatic hydroxyl groups is 2. The molecule has 2 fully saturated rings. The number of benzene rings is 1. The second-order valence-electron chi connectivity index (χ2n) is 16.3. The lowest BCUT2D eigenvalue weighted by Crippen LogP contribution is -2.40. The summed E-state index contributed by atoms with van der Waals surface area (Å²) >= 11 is 6.62. The van der Waals surface area contributed by atoms with Crippen LogP contribution < -0.4 is 0 Å². The number of esters is 2. The van der Waals surface area contributed by atoms with Gasteiger partial charge in [0, 0.05) is 17.7 Å². The maximum absolute atomic E-state index is 12.5. The molecule has 0 heterocycles. The van der Waals surface area contributed by atoms with Crippen LogP contribution in [0, 0.1) is 17.3 Å². The minimum atomic E-state index is -0.466. The molecule has 0 spiro atoms. The Morgan fingerprint density at radius 3 is 2.04 bits per heavy atom. The van der Waals surface area contributed by atoms with Crippen molar-refractivity contribution in [2.75, 3.05) is 13.2 Å². The van der Waals surface area contributed by atoms with E-state index in [1.54, 1.807) is 0 Å². The molecule has 2 aliphatic rings. The van der Waals surface area contributed by atoms with Crippen molar-refractivity contribution in [2.24, 2.45) is 17.3 Å². The molecule has 5 atom stereocenters. The summed E-state index contributed by atoms with van der Waals surface area (Å²) in [6.45, 7) is 4.52. The summed E-state index contributed by atoms with van der Waals surface area (Å²) in [6.07, 6.45) is 35.6. The number of rotatable bonds is 30.